The molecule has 0 amide bonds. The molecular weight excluding hydrogens is 204 g/mol. The zero-order valence-electron chi connectivity index (χ0n) is 5.83. The molecule has 0 atom stereocenters. The minimum atomic E-state index is -0.110. The van der Waals surface area contributed by atoms with Gasteiger partial charge in [0.25, 0.3) is 0 Å². The third-order valence-corrected chi connectivity index (χ3v) is 1.47. The van der Waals surface area contributed by atoms with Gasteiger partial charge < -0.3 is 0 Å². The van der Waals surface area contributed by atoms with Crippen molar-refractivity contribution in [3.05, 3.63) is 42.0 Å². The fourth-order valence-corrected chi connectivity index (χ4v) is 0.858. The summed E-state index contributed by atoms with van der Waals surface area (Å²) < 4.78 is -0.110. The topological polar surface area (TPSA) is 17.1 Å². The molecule has 0 aliphatic heterocycles. The normalized spacial score (nSPS) is 10.3. The van der Waals surface area contributed by atoms with Gasteiger partial charge in [-0.15, -0.1) is 0 Å². The monoisotopic (exact) mass is 210 g/mol. The summed E-state index contributed by atoms with van der Waals surface area (Å²) in [7, 11) is 0. The van der Waals surface area contributed by atoms with Crippen LogP contribution in [0.25, 0.3) is 6.08 Å². The molecule has 0 fully saturated rings. The van der Waals surface area contributed by atoms with E-state index in [4.69, 9.17) is 0 Å². The Balaban J connectivity index is 2.72. The van der Waals surface area contributed by atoms with Crippen molar-refractivity contribution in [2.24, 2.45) is 0 Å². The summed E-state index contributed by atoms with van der Waals surface area (Å²) in [4.78, 5) is 10.4. The summed E-state index contributed by atoms with van der Waals surface area (Å²) in [6, 6.07) is 9.67. The van der Waals surface area contributed by atoms with Gasteiger partial charge in [0.05, 0.1) is 0 Å². The third kappa shape index (κ3) is 3.14. The quantitative estimate of drug-likeness (QED) is 0.542. The van der Waals surface area contributed by atoms with E-state index < -0.39 is 0 Å². The highest BCUT2D eigenvalue weighted by molar-refractivity contribution is 9.18. The molecule has 0 heterocycles. The van der Waals surface area contributed by atoms with Gasteiger partial charge in [0.15, 0.2) is 0 Å². The second-order valence-corrected chi connectivity index (χ2v) is 2.83. The van der Waals surface area contributed by atoms with E-state index in [1.54, 1.807) is 6.08 Å². The fraction of sp³-hybridized carbons (Fsp3) is 0. The van der Waals surface area contributed by atoms with Crippen LogP contribution in [-0.4, -0.2) is 4.69 Å². The van der Waals surface area contributed by atoms with Crippen LogP contribution in [0.4, 0.5) is 0 Å². The van der Waals surface area contributed by atoms with E-state index in [-0.39, 0.29) is 4.69 Å². The van der Waals surface area contributed by atoms with E-state index in [2.05, 4.69) is 15.9 Å². The van der Waals surface area contributed by atoms with Gasteiger partial charge in [-0.25, -0.2) is 0 Å². The average Bonchev–Trinajstić information content (AvgIpc) is 2.03. The average molecular weight is 211 g/mol. The first-order chi connectivity index (χ1) is 5.29. The zero-order chi connectivity index (χ0) is 8.10. The maximum Gasteiger partial charge on any atom is 0.220 e. The third-order valence-electron chi connectivity index (χ3n) is 1.21. The van der Waals surface area contributed by atoms with E-state index in [0.717, 1.165) is 5.56 Å². The van der Waals surface area contributed by atoms with Crippen LogP contribution in [0, 0.1) is 0 Å². The van der Waals surface area contributed by atoms with Crippen molar-refractivity contribution in [2.45, 2.75) is 0 Å². The first kappa shape index (κ1) is 8.21. The summed E-state index contributed by atoms with van der Waals surface area (Å²) in [5.41, 5.74) is 1.03. The van der Waals surface area contributed by atoms with Crippen molar-refractivity contribution in [3.63, 3.8) is 0 Å². The summed E-state index contributed by atoms with van der Waals surface area (Å²) >= 11 is 2.81. The first-order valence-electron chi connectivity index (χ1n) is 3.21. The second-order valence-electron chi connectivity index (χ2n) is 2.05. The predicted molar refractivity (Wildman–Crippen MR) is 49.4 cm³/mol. The molecule has 0 spiro atoms. The molecular formula is C9H7BrO. The molecule has 11 heavy (non-hydrogen) atoms. The van der Waals surface area contributed by atoms with Gasteiger partial charge in [-0.2, -0.15) is 0 Å². The molecule has 0 aromatic heterocycles. The van der Waals surface area contributed by atoms with Crippen LogP contribution in [0.1, 0.15) is 5.56 Å². The molecule has 1 rings (SSSR count). The minimum Gasteiger partial charge on any atom is -0.282 e. The maximum atomic E-state index is 10.4. The number of carbonyl (C=O) groups excluding carboxylic acids is 1. The number of hydrogen-bond acceptors (Lipinski definition) is 1. The summed E-state index contributed by atoms with van der Waals surface area (Å²) in [6.07, 6.45) is 3.24. The molecule has 0 saturated heterocycles. The van der Waals surface area contributed by atoms with Crippen LogP contribution in [0.15, 0.2) is 36.4 Å². The van der Waals surface area contributed by atoms with Gasteiger partial charge >= 0.3 is 0 Å². The lowest BCUT2D eigenvalue weighted by atomic mass is 10.2. The molecule has 1 aromatic rings. The van der Waals surface area contributed by atoms with E-state index >= 15 is 0 Å². The minimum absolute atomic E-state index is 0.110. The van der Waals surface area contributed by atoms with Gasteiger partial charge in [0.2, 0.25) is 4.69 Å². The number of halogens is 1. The summed E-state index contributed by atoms with van der Waals surface area (Å²) in [5.74, 6) is 0. The van der Waals surface area contributed by atoms with Crippen molar-refractivity contribution in [2.75, 3.05) is 0 Å². The van der Waals surface area contributed by atoms with Gasteiger partial charge in [-0.3, -0.25) is 4.79 Å². The van der Waals surface area contributed by atoms with E-state index in [0.29, 0.717) is 0 Å². The van der Waals surface area contributed by atoms with Gasteiger partial charge in [-0.05, 0) is 27.6 Å². The van der Waals surface area contributed by atoms with E-state index in [1.165, 1.54) is 6.08 Å². The number of rotatable bonds is 2. The van der Waals surface area contributed by atoms with Crippen LogP contribution in [0.2, 0.25) is 0 Å². The van der Waals surface area contributed by atoms with Crippen LogP contribution in [-0.2, 0) is 4.79 Å². The molecule has 1 nitrogen and oxygen atoms in total. The lowest BCUT2D eigenvalue weighted by molar-refractivity contribution is -0.106. The second kappa shape index (κ2) is 4.09. The van der Waals surface area contributed by atoms with Crippen LogP contribution < -0.4 is 0 Å². The van der Waals surface area contributed by atoms with Gasteiger partial charge in [0, 0.05) is 0 Å². The standard InChI is InChI=1S/C9H7BrO/c10-9(11)7-6-8-4-2-1-3-5-8/h1-7H. The number of benzene rings is 1. The van der Waals surface area contributed by atoms with Gasteiger partial charge in [-0.1, -0.05) is 36.4 Å². The molecule has 0 bridgehead atoms. The molecule has 2 heteroatoms. The Morgan fingerprint density at radius 2 is 1.91 bits per heavy atom. The van der Waals surface area contributed by atoms with Crippen LogP contribution >= 0.6 is 15.9 Å². The number of hydrogen-bond donors (Lipinski definition) is 0. The highest BCUT2D eigenvalue weighted by Crippen LogP contribution is 2.01. The lowest BCUT2D eigenvalue weighted by Crippen LogP contribution is -1.74. The Labute approximate surface area is 73.9 Å². The Morgan fingerprint density at radius 3 is 2.45 bits per heavy atom. The number of carbonyl (C=O) groups is 1. The highest BCUT2D eigenvalue weighted by atomic mass is 79.9. The van der Waals surface area contributed by atoms with Gasteiger partial charge in [0.1, 0.15) is 0 Å². The molecule has 1 aromatic carbocycles. The Morgan fingerprint density at radius 1 is 1.27 bits per heavy atom. The maximum absolute atomic E-state index is 10.4. The summed E-state index contributed by atoms with van der Waals surface area (Å²) in [6.45, 7) is 0. The lowest BCUT2D eigenvalue weighted by Gasteiger charge is -1.87. The van der Waals surface area contributed by atoms with Crippen LogP contribution in [0.3, 0.4) is 0 Å². The van der Waals surface area contributed by atoms with Crippen molar-refractivity contribution in [1.82, 2.24) is 0 Å². The summed E-state index contributed by atoms with van der Waals surface area (Å²) in [5, 5.41) is 0. The predicted octanol–water partition coefficient (Wildman–Crippen LogP) is 2.62. The Bertz CT molecular complexity index is 264. The highest BCUT2D eigenvalue weighted by Gasteiger charge is 1.85. The van der Waals surface area contributed by atoms with Crippen molar-refractivity contribution >= 4 is 26.7 Å². The van der Waals surface area contributed by atoms with Crippen LogP contribution in [0.5, 0.6) is 0 Å². The fourth-order valence-electron chi connectivity index (χ4n) is 0.726. The number of allylic oxidation sites excluding steroid dienone is 1. The Kier molecular flexibility index (Phi) is 3.05. The van der Waals surface area contributed by atoms with E-state index in [9.17, 15) is 4.79 Å². The zero-order valence-corrected chi connectivity index (χ0v) is 7.41. The van der Waals surface area contributed by atoms with Crippen molar-refractivity contribution in [3.8, 4) is 0 Å². The molecule has 0 aliphatic carbocycles. The SMILES string of the molecule is O=C(Br)C=Cc1ccccc1. The molecule has 0 saturated carbocycles. The Hall–Kier alpha value is -0.890. The largest absolute Gasteiger partial charge is 0.282 e. The smallest absolute Gasteiger partial charge is 0.220 e. The molecule has 56 valence electrons. The molecule has 0 aliphatic rings. The van der Waals surface area contributed by atoms with Crippen molar-refractivity contribution in [1.29, 1.82) is 0 Å². The molecule has 0 radical (unpaired) electrons. The van der Waals surface area contributed by atoms with E-state index in [1.807, 2.05) is 30.3 Å². The molecule has 0 N–H and O–H groups in total. The first-order valence-corrected chi connectivity index (χ1v) is 4.01. The van der Waals surface area contributed by atoms with Crippen molar-refractivity contribution < 1.29 is 4.79 Å². The molecule has 0 unspecified atom stereocenters.